The minimum absolute atomic E-state index is 0.344. The molecule has 0 aromatic heterocycles. The fourth-order valence-electron chi connectivity index (χ4n) is 1.73. The molecule has 0 aromatic rings. The van der Waals surface area contributed by atoms with Gasteiger partial charge < -0.3 is 9.47 Å². The van der Waals surface area contributed by atoms with E-state index in [1.54, 1.807) is 12.2 Å². The van der Waals surface area contributed by atoms with E-state index in [4.69, 9.17) is 4.74 Å². The van der Waals surface area contributed by atoms with Crippen molar-refractivity contribution < 1.29 is 19.1 Å². The third-order valence-electron chi connectivity index (χ3n) is 2.24. The van der Waals surface area contributed by atoms with Crippen molar-refractivity contribution in [1.82, 2.24) is 0 Å². The van der Waals surface area contributed by atoms with Gasteiger partial charge in [-0.05, 0) is 0 Å². The van der Waals surface area contributed by atoms with E-state index in [1.807, 2.05) is 0 Å². The van der Waals surface area contributed by atoms with Crippen molar-refractivity contribution in [2.24, 2.45) is 0 Å². The Labute approximate surface area is 67.4 Å². The highest BCUT2D eigenvalue weighted by Crippen LogP contribution is 2.38. The summed E-state index contributed by atoms with van der Waals surface area (Å²) in [4.78, 5) is 22.1. The second-order valence-electron chi connectivity index (χ2n) is 2.87. The van der Waals surface area contributed by atoms with Gasteiger partial charge >= 0.3 is 11.9 Å². The highest BCUT2D eigenvalue weighted by Gasteiger charge is 2.49. The van der Waals surface area contributed by atoms with Gasteiger partial charge in [-0.25, -0.2) is 9.59 Å². The zero-order valence-electron chi connectivity index (χ0n) is 5.94. The van der Waals surface area contributed by atoms with Gasteiger partial charge in [0.1, 0.15) is 12.2 Å². The quantitative estimate of drug-likeness (QED) is 0.280. The molecule has 4 heteroatoms. The molecule has 3 aliphatic rings. The molecule has 60 valence electrons. The van der Waals surface area contributed by atoms with E-state index in [0.717, 1.165) is 0 Å². The van der Waals surface area contributed by atoms with Crippen LogP contribution in [0.15, 0.2) is 23.3 Å². The zero-order chi connectivity index (χ0) is 8.29. The number of fused-ring (bicyclic) bond motifs is 4. The Morgan fingerprint density at radius 1 is 1.00 bits per heavy atom. The smallest absolute Gasteiger partial charge is 0.345 e. The van der Waals surface area contributed by atoms with Gasteiger partial charge in [0, 0.05) is 0 Å². The van der Waals surface area contributed by atoms with Crippen molar-refractivity contribution in [3.05, 3.63) is 23.3 Å². The summed E-state index contributed by atoms with van der Waals surface area (Å²) in [6.07, 6.45) is 2.85. The summed E-state index contributed by atoms with van der Waals surface area (Å²) in [5.41, 5.74) is 0.792. The highest BCUT2D eigenvalue weighted by molar-refractivity contribution is 6.15. The summed E-state index contributed by atoms with van der Waals surface area (Å²) >= 11 is 0. The maximum Gasteiger partial charge on any atom is 0.345 e. The lowest BCUT2D eigenvalue weighted by Crippen LogP contribution is -2.15. The van der Waals surface area contributed by atoms with Crippen molar-refractivity contribution in [1.29, 1.82) is 0 Å². The molecular weight excluding hydrogens is 160 g/mol. The lowest BCUT2D eigenvalue weighted by atomic mass is 9.99. The van der Waals surface area contributed by atoms with Crippen molar-refractivity contribution in [3.8, 4) is 0 Å². The SMILES string of the molecule is O=C1OC(=O)C2=C1[C@@H]1C=C[C@@H]2O1. The summed E-state index contributed by atoms with van der Waals surface area (Å²) < 4.78 is 9.71. The number of carbonyl (C=O) groups is 2. The summed E-state index contributed by atoms with van der Waals surface area (Å²) in [6.45, 7) is 0. The molecule has 0 spiro atoms. The van der Waals surface area contributed by atoms with Crippen LogP contribution in [0.4, 0.5) is 0 Å². The summed E-state index contributed by atoms with van der Waals surface area (Å²) in [5.74, 6) is -1.10. The van der Waals surface area contributed by atoms with Gasteiger partial charge in [-0.2, -0.15) is 0 Å². The number of ether oxygens (including phenoxy) is 2. The summed E-state index contributed by atoms with van der Waals surface area (Å²) in [7, 11) is 0. The number of hydrogen-bond acceptors (Lipinski definition) is 4. The number of rotatable bonds is 0. The van der Waals surface area contributed by atoms with E-state index in [2.05, 4.69) is 4.74 Å². The van der Waals surface area contributed by atoms with Crippen LogP contribution in [0.1, 0.15) is 0 Å². The average Bonchev–Trinajstić information content (AvgIpc) is 2.64. The van der Waals surface area contributed by atoms with Crippen LogP contribution in [0, 0.1) is 0 Å². The Morgan fingerprint density at radius 2 is 1.50 bits per heavy atom. The molecule has 4 nitrogen and oxygen atoms in total. The largest absolute Gasteiger partial charge is 0.386 e. The number of esters is 2. The lowest BCUT2D eigenvalue weighted by molar-refractivity contribution is -0.152. The fraction of sp³-hybridized carbons (Fsp3) is 0.250. The molecule has 0 unspecified atom stereocenters. The van der Waals surface area contributed by atoms with Crippen molar-refractivity contribution in [2.45, 2.75) is 12.2 Å². The molecule has 2 atom stereocenters. The van der Waals surface area contributed by atoms with E-state index >= 15 is 0 Å². The van der Waals surface area contributed by atoms with Crippen LogP contribution in [0.25, 0.3) is 0 Å². The van der Waals surface area contributed by atoms with Crippen molar-refractivity contribution in [2.75, 3.05) is 0 Å². The monoisotopic (exact) mass is 164 g/mol. The summed E-state index contributed by atoms with van der Waals surface area (Å²) in [5, 5.41) is 0. The fourth-order valence-corrected chi connectivity index (χ4v) is 1.73. The predicted molar refractivity (Wildman–Crippen MR) is 35.9 cm³/mol. The van der Waals surface area contributed by atoms with E-state index in [1.165, 1.54) is 0 Å². The minimum atomic E-state index is -0.549. The molecular formula is C8H4O4. The Balaban J connectivity index is 2.20. The zero-order valence-corrected chi connectivity index (χ0v) is 5.94. The molecule has 0 aromatic carbocycles. The molecule has 3 aliphatic heterocycles. The molecule has 0 saturated heterocycles. The number of carbonyl (C=O) groups excluding carboxylic acids is 2. The second-order valence-corrected chi connectivity index (χ2v) is 2.87. The Kier molecular flexibility index (Phi) is 0.851. The number of cyclic esters (lactones) is 2. The average molecular weight is 164 g/mol. The molecule has 0 amide bonds. The molecule has 0 fully saturated rings. The standard InChI is InChI=1S/C8H4O4/c9-7-5-3-1-2-4(11-3)6(5)8(10)12-7/h1-4H/t3-,4-/m0/s1. The molecule has 3 rings (SSSR count). The third kappa shape index (κ3) is 0.494. The van der Waals surface area contributed by atoms with Crippen LogP contribution in [-0.2, 0) is 19.1 Å². The maximum atomic E-state index is 11.0. The molecule has 0 radical (unpaired) electrons. The van der Waals surface area contributed by atoms with E-state index in [9.17, 15) is 9.59 Å². The predicted octanol–water partition coefficient (Wildman–Crippen LogP) is -0.296. The molecule has 2 bridgehead atoms. The van der Waals surface area contributed by atoms with Gasteiger partial charge in [0.15, 0.2) is 0 Å². The first-order valence-corrected chi connectivity index (χ1v) is 3.62. The first-order chi connectivity index (χ1) is 5.77. The van der Waals surface area contributed by atoms with Gasteiger partial charge in [0.25, 0.3) is 0 Å². The first-order valence-electron chi connectivity index (χ1n) is 3.62. The van der Waals surface area contributed by atoms with Gasteiger partial charge in [-0.1, -0.05) is 12.2 Å². The van der Waals surface area contributed by atoms with Crippen LogP contribution >= 0.6 is 0 Å². The Hall–Kier alpha value is -1.42. The second kappa shape index (κ2) is 1.67. The molecule has 3 heterocycles. The van der Waals surface area contributed by atoms with Gasteiger partial charge in [0.2, 0.25) is 0 Å². The summed E-state index contributed by atoms with van der Waals surface area (Å²) in [6, 6.07) is 0. The van der Waals surface area contributed by atoms with Crippen LogP contribution in [0.5, 0.6) is 0 Å². The van der Waals surface area contributed by atoms with Gasteiger partial charge in [-0.3, -0.25) is 0 Å². The van der Waals surface area contributed by atoms with Crippen molar-refractivity contribution >= 4 is 11.9 Å². The van der Waals surface area contributed by atoms with E-state index < -0.39 is 11.9 Å². The normalized spacial score (nSPS) is 36.3. The number of hydrogen-bond donors (Lipinski definition) is 0. The molecule has 0 N–H and O–H groups in total. The van der Waals surface area contributed by atoms with Gasteiger partial charge in [-0.15, -0.1) is 0 Å². The topological polar surface area (TPSA) is 52.6 Å². The first kappa shape index (κ1) is 6.14. The Morgan fingerprint density at radius 3 is 2.00 bits per heavy atom. The van der Waals surface area contributed by atoms with Crippen molar-refractivity contribution in [3.63, 3.8) is 0 Å². The molecule has 12 heavy (non-hydrogen) atoms. The maximum absolute atomic E-state index is 11.0. The third-order valence-corrected chi connectivity index (χ3v) is 2.24. The van der Waals surface area contributed by atoms with Crippen LogP contribution in [0.3, 0.4) is 0 Å². The Bertz CT molecular complexity index is 331. The van der Waals surface area contributed by atoms with E-state index in [0.29, 0.717) is 11.1 Å². The van der Waals surface area contributed by atoms with Crippen LogP contribution in [0.2, 0.25) is 0 Å². The molecule has 0 saturated carbocycles. The van der Waals surface area contributed by atoms with E-state index in [-0.39, 0.29) is 12.2 Å². The minimum Gasteiger partial charge on any atom is -0.386 e. The van der Waals surface area contributed by atoms with Crippen LogP contribution < -0.4 is 0 Å². The van der Waals surface area contributed by atoms with Gasteiger partial charge in [0.05, 0.1) is 11.1 Å². The van der Waals surface area contributed by atoms with Crippen LogP contribution in [-0.4, -0.2) is 24.1 Å². The molecule has 0 aliphatic carbocycles. The highest BCUT2D eigenvalue weighted by atomic mass is 16.6. The lowest BCUT2D eigenvalue weighted by Gasteiger charge is -2.04.